The van der Waals surface area contributed by atoms with Crippen molar-refractivity contribution in [3.05, 3.63) is 61.6 Å². The number of non-ortho nitro benzene ring substituents is 1. The maximum Gasteiger partial charge on any atom is 0.273 e. The van der Waals surface area contributed by atoms with E-state index in [4.69, 9.17) is 21.6 Å². The van der Waals surface area contributed by atoms with Crippen LogP contribution in [0.4, 0.5) is 5.69 Å². The molecule has 0 heterocycles. The predicted molar refractivity (Wildman–Crippen MR) is 77.0 cm³/mol. The first-order chi connectivity index (χ1) is 9.52. The average Bonchev–Trinajstić information content (AvgIpc) is 2.41. The van der Waals surface area contributed by atoms with Crippen LogP contribution in [0.15, 0.2) is 40.9 Å². The zero-order chi connectivity index (χ0) is 14.7. The molecule has 0 atom stereocenters. The SMILES string of the molecule is N#Cc1c(Br)cccc1Oc1cc([N+](=O)[O-])ccc1Cl. The standard InChI is InChI=1S/C13H6BrClN2O3/c14-10-2-1-3-12(9(10)7-16)20-13-6-8(17(18)19)4-5-11(13)15/h1-6H. The number of rotatable bonds is 3. The minimum Gasteiger partial charge on any atom is -0.454 e. The third-order valence-electron chi connectivity index (χ3n) is 2.43. The molecule has 0 bridgehead atoms. The van der Waals surface area contributed by atoms with Crippen LogP contribution < -0.4 is 4.74 Å². The molecule has 100 valence electrons. The van der Waals surface area contributed by atoms with Gasteiger partial charge in [0, 0.05) is 10.5 Å². The van der Waals surface area contributed by atoms with E-state index in [0.29, 0.717) is 4.47 Å². The van der Waals surface area contributed by atoms with Crippen molar-refractivity contribution in [1.82, 2.24) is 0 Å². The number of nitro groups is 1. The van der Waals surface area contributed by atoms with Crippen molar-refractivity contribution in [2.24, 2.45) is 0 Å². The average molecular weight is 354 g/mol. The van der Waals surface area contributed by atoms with Crippen molar-refractivity contribution in [3.63, 3.8) is 0 Å². The summed E-state index contributed by atoms with van der Waals surface area (Å²) in [5, 5.41) is 20.1. The van der Waals surface area contributed by atoms with Crippen LogP contribution >= 0.6 is 27.5 Å². The van der Waals surface area contributed by atoms with E-state index in [0.717, 1.165) is 0 Å². The number of hydrogen-bond donors (Lipinski definition) is 0. The van der Waals surface area contributed by atoms with Crippen molar-refractivity contribution in [2.75, 3.05) is 0 Å². The summed E-state index contributed by atoms with van der Waals surface area (Å²) in [4.78, 5) is 10.2. The number of nitro benzene ring substituents is 1. The Bertz CT molecular complexity index is 728. The van der Waals surface area contributed by atoms with Crippen LogP contribution in [0.5, 0.6) is 11.5 Å². The van der Waals surface area contributed by atoms with E-state index in [1.807, 2.05) is 6.07 Å². The molecule has 0 aliphatic heterocycles. The molecule has 0 amide bonds. The third kappa shape index (κ3) is 2.90. The zero-order valence-corrected chi connectivity index (χ0v) is 12.2. The van der Waals surface area contributed by atoms with E-state index < -0.39 is 4.92 Å². The minimum atomic E-state index is -0.546. The first-order valence-electron chi connectivity index (χ1n) is 5.33. The molecule has 2 aromatic rings. The van der Waals surface area contributed by atoms with E-state index >= 15 is 0 Å². The van der Waals surface area contributed by atoms with E-state index in [1.165, 1.54) is 18.2 Å². The van der Waals surface area contributed by atoms with Gasteiger partial charge in [-0.1, -0.05) is 17.7 Å². The number of benzene rings is 2. The summed E-state index contributed by atoms with van der Waals surface area (Å²) in [5.74, 6) is 0.389. The fourth-order valence-electron chi connectivity index (χ4n) is 1.50. The van der Waals surface area contributed by atoms with E-state index in [2.05, 4.69) is 15.9 Å². The monoisotopic (exact) mass is 352 g/mol. The van der Waals surface area contributed by atoms with Crippen LogP contribution in [0, 0.1) is 21.4 Å². The Kier molecular flexibility index (Phi) is 4.23. The van der Waals surface area contributed by atoms with Gasteiger partial charge in [0.1, 0.15) is 17.4 Å². The first kappa shape index (κ1) is 14.3. The van der Waals surface area contributed by atoms with Crippen LogP contribution in [-0.4, -0.2) is 4.92 Å². The second-order valence-electron chi connectivity index (χ2n) is 3.70. The lowest BCUT2D eigenvalue weighted by atomic mass is 10.2. The van der Waals surface area contributed by atoms with E-state index in [-0.39, 0.29) is 27.8 Å². The molecule has 0 saturated carbocycles. The summed E-state index contributed by atoms with van der Waals surface area (Å²) in [6.07, 6.45) is 0. The number of hydrogen-bond acceptors (Lipinski definition) is 4. The first-order valence-corrected chi connectivity index (χ1v) is 6.50. The van der Waals surface area contributed by atoms with Gasteiger partial charge >= 0.3 is 0 Å². The van der Waals surface area contributed by atoms with Crippen LogP contribution in [0.3, 0.4) is 0 Å². The fourth-order valence-corrected chi connectivity index (χ4v) is 2.09. The molecule has 0 unspecified atom stereocenters. The Morgan fingerprint density at radius 1 is 1.30 bits per heavy atom. The quantitative estimate of drug-likeness (QED) is 0.593. The van der Waals surface area contributed by atoms with Gasteiger partial charge in [0.05, 0.1) is 16.0 Å². The number of halogens is 2. The second kappa shape index (κ2) is 5.90. The molecule has 0 spiro atoms. The summed E-state index contributed by atoms with van der Waals surface area (Å²) < 4.78 is 6.08. The van der Waals surface area contributed by atoms with Gasteiger partial charge in [-0.2, -0.15) is 5.26 Å². The molecule has 0 saturated heterocycles. The van der Waals surface area contributed by atoms with E-state index in [1.54, 1.807) is 18.2 Å². The summed E-state index contributed by atoms with van der Waals surface area (Å²) in [6.45, 7) is 0. The molecule has 0 fully saturated rings. The van der Waals surface area contributed by atoms with Crippen LogP contribution in [0.25, 0.3) is 0 Å². The summed E-state index contributed by atoms with van der Waals surface area (Å²) in [5.41, 5.74) is 0.146. The van der Waals surface area contributed by atoms with Gasteiger partial charge in [0.15, 0.2) is 5.75 Å². The summed E-state index contributed by atoms with van der Waals surface area (Å²) >= 11 is 9.18. The molecule has 20 heavy (non-hydrogen) atoms. The Balaban J connectivity index is 2.45. The highest BCUT2D eigenvalue weighted by Gasteiger charge is 2.14. The van der Waals surface area contributed by atoms with Crippen molar-refractivity contribution >= 4 is 33.2 Å². The highest BCUT2D eigenvalue weighted by molar-refractivity contribution is 9.10. The van der Waals surface area contributed by atoms with Crippen LogP contribution in [-0.2, 0) is 0 Å². The third-order valence-corrected chi connectivity index (χ3v) is 3.41. The van der Waals surface area contributed by atoms with Crippen molar-refractivity contribution in [1.29, 1.82) is 5.26 Å². The molecule has 5 nitrogen and oxygen atoms in total. The van der Waals surface area contributed by atoms with Gasteiger partial charge in [-0.3, -0.25) is 10.1 Å². The maximum absolute atomic E-state index is 10.7. The zero-order valence-electron chi connectivity index (χ0n) is 9.84. The predicted octanol–water partition coefficient (Wildman–Crippen LogP) is 4.67. The van der Waals surface area contributed by atoms with Crippen LogP contribution in [0.1, 0.15) is 5.56 Å². The van der Waals surface area contributed by atoms with Gasteiger partial charge in [-0.05, 0) is 34.1 Å². The van der Waals surface area contributed by atoms with Crippen LogP contribution in [0.2, 0.25) is 5.02 Å². The minimum absolute atomic E-state index is 0.121. The number of nitriles is 1. The highest BCUT2D eigenvalue weighted by Crippen LogP contribution is 2.35. The smallest absolute Gasteiger partial charge is 0.273 e. The fraction of sp³-hybridized carbons (Fsp3) is 0. The normalized spacial score (nSPS) is 9.85. The molecule has 0 N–H and O–H groups in total. The molecule has 0 aliphatic carbocycles. The second-order valence-corrected chi connectivity index (χ2v) is 4.96. The number of ether oxygens (including phenoxy) is 1. The molecule has 0 aromatic heterocycles. The lowest BCUT2D eigenvalue weighted by Crippen LogP contribution is -1.92. The number of nitrogens with zero attached hydrogens (tertiary/aromatic N) is 2. The molecular weight excluding hydrogens is 348 g/mol. The lowest BCUT2D eigenvalue weighted by Gasteiger charge is -2.09. The van der Waals surface area contributed by atoms with Gasteiger partial charge in [-0.25, -0.2) is 0 Å². The van der Waals surface area contributed by atoms with Gasteiger partial charge < -0.3 is 4.74 Å². The van der Waals surface area contributed by atoms with E-state index in [9.17, 15) is 10.1 Å². The topological polar surface area (TPSA) is 76.2 Å². The Hall–Kier alpha value is -2.10. The summed E-state index contributed by atoms with van der Waals surface area (Å²) in [7, 11) is 0. The highest BCUT2D eigenvalue weighted by atomic mass is 79.9. The van der Waals surface area contributed by atoms with Crippen molar-refractivity contribution in [2.45, 2.75) is 0 Å². The molecule has 2 rings (SSSR count). The van der Waals surface area contributed by atoms with Crippen molar-refractivity contribution < 1.29 is 9.66 Å². The lowest BCUT2D eigenvalue weighted by molar-refractivity contribution is -0.384. The maximum atomic E-state index is 10.7. The largest absolute Gasteiger partial charge is 0.454 e. The van der Waals surface area contributed by atoms with Gasteiger partial charge in [0.25, 0.3) is 5.69 Å². The van der Waals surface area contributed by atoms with Crippen molar-refractivity contribution in [3.8, 4) is 17.6 Å². The van der Waals surface area contributed by atoms with Gasteiger partial charge in [0.2, 0.25) is 0 Å². The Morgan fingerprint density at radius 3 is 2.70 bits per heavy atom. The molecule has 0 radical (unpaired) electrons. The Labute approximate surface area is 127 Å². The van der Waals surface area contributed by atoms with Gasteiger partial charge in [-0.15, -0.1) is 0 Å². The molecule has 7 heteroatoms. The Morgan fingerprint density at radius 2 is 2.05 bits per heavy atom. The molecular formula is C13H6BrClN2O3. The molecule has 0 aliphatic rings. The molecule has 2 aromatic carbocycles. The summed E-state index contributed by atoms with van der Waals surface area (Å²) in [6, 6.07) is 10.8.